The van der Waals surface area contributed by atoms with Crippen LogP contribution in [0.3, 0.4) is 0 Å². The number of benzene rings is 2. The zero-order valence-corrected chi connectivity index (χ0v) is 16.8. The fourth-order valence-corrected chi connectivity index (χ4v) is 3.49. The first-order valence-corrected chi connectivity index (χ1v) is 10.00. The first-order chi connectivity index (χ1) is 14.6. The highest BCUT2D eigenvalue weighted by molar-refractivity contribution is 5.92. The minimum atomic E-state index is -0.458. The Morgan fingerprint density at radius 2 is 2.00 bits per heavy atom. The van der Waals surface area contributed by atoms with Crippen molar-refractivity contribution >= 4 is 11.6 Å². The highest BCUT2D eigenvalue weighted by Gasteiger charge is 2.21. The van der Waals surface area contributed by atoms with Crippen LogP contribution in [-0.2, 0) is 16.1 Å². The van der Waals surface area contributed by atoms with Crippen molar-refractivity contribution in [2.24, 2.45) is 5.92 Å². The molecule has 1 aromatic heterocycles. The van der Waals surface area contributed by atoms with Crippen LogP contribution in [0.2, 0.25) is 0 Å². The Balaban J connectivity index is 1.38. The molecule has 1 fully saturated rings. The number of carbonyl (C=O) groups is 1. The zero-order chi connectivity index (χ0) is 20.9. The van der Waals surface area contributed by atoms with E-state index in [0.29, 0.717) is 44.1 Å². The Hall–Kier alpha value is -3.19. The van der Waals surface area contributed by atoms with E-state index in [4.69, 9.17) is 9.47 Å². The standard InChI is InChI=1S/C23H24FN3O3/c1-16-25-8-9-27(16)21-4-2-17(3-5-21)15-30-22-13-19(24)12-20(14-22)26-23(28)18-6-10-29-11-7-18/h2-5,8-9,12-14,18H,6-7,10-11,15H2,1H3,(H,26,28). The molecular weight excluding hydrogens is 385 g/mol. The summed E-state index contributed by atoms with van der Waals surface area (Å²) in [7, 11) is 0. The van der Waals surface area contributed by atoms with Crippen molar-refractivity contribution in [2.45, 2.75) is 26.4 Å². The lowest BCUT2D eigenvalue weighted by atomic mass is 9.99. The van der Waals surface area contributed by atoms with E-state index >= 15 is 0 Å². The highest BCUT2D eigenvalue weighted by Crippen LogP contribution is 2.24. The largest absolute Gasteiger partial charge is 0.489 e. The quantitative estimate of drug-likeness (QED) is 0.661. The van der Waals surface area contributed by atoms with Gasteiger partial charge in [0.25, 0.3) is 0 Å². The molecule has 0 saturated carbocycles. The average molecular weight is 409 g/mol. The predicted molar refractivity (Wildman–Crippen MR) is 111 cm³/mol. The minimum absolute atomic E-state index is 0.107. The normalized spacial score (nSPS) is 14.5. The molecular formula is C23H24FN3O3. The Morgan fingerprint density at radius 1 is 1.23 bits per heavy atom. The summed E-state index contributed by atoms with van der Waals surface area (Å²) in [6, 6.07) is 12.1. The number of hydrogen-bond donors (Lipinski definition) is 1. The van der Waals surface area contributed by atoms with Gasteiger partial charge in [-0.25, -0.2) is 9.37 Å². The summed E-state index contributed by atoms with van der Waals surface area (Å²) in [5, 5.41) is 2.80. The van der Waals surface area contributed by atoms with Crippen molar-refractivity contribution in [3.63, 3.8) is 0 Å². The monoisotopic (exact) mass is 409 g/mol. The number of nitrogens with one attached hydrogen (secondary N) is 1. The van der Waals surface area contributed by atoms with E-state index in [1.165, 1.54) is 12.1 Å². The summed E-state index contributed by atoms with van der Waals surface area (Å²) in [4.78, 5) is 16.6. The summed E-state index contributed by atoms with van der Waals surface area (Å²) in [6.45, 7) is 3.39. The van der Waals surface area contributed by atoms with Crippen LogP contribution < -0.4 is 10.1 Å². The lowest BCUT2D eigenvalue weighted by Crippen LogP contribution is -2.28. The van der Waals surface area contributed by atoms with E-state index in [2.05, 4.69) is 10.3 Å². The molecule has 2 heterocycles. The third kappa shape index (κ3) is 4.86. The molecule has 6 nitrogen and oxygen atoms in total. The number of imidazole rings is 1. The molecule has 0 radical (unpaired) electrons. The second-order valence-electron chi connectivity index (χ2n) is 7.35. The van der Waals surface area contributed by atoms with Gasteiger partial charge in [-0.3, -0.25) is 4.79 Å². The van der Waals surface area contributed by atoms with Crippen molar-refractivity contribution in [2.75, 3.05) is 18.5 Å². The van der Waals surface area contributed by atoms with Gasteiger partial charge < -0.3 is 19.4 Å². The van der Waals surface area contributed by atoms with Gasteiger partial charge in [-0.05, 0) is 43.5 Å². The van der Waals surface area contributed by atoms with E-state index in [1.807, 2.05) is 42.0 Å². The smallest absolute Gasteiger partial charge is 0.227 e. The first-order valence-electron chi connectivity index (χ1n) is 10.00. The van der Waals surface area contributed by atoms with Gasteiger partial charge in [-0.1, -0.05) is 12.1 Å². The van der Waals surface area contributed by atoms with Crippen LogP contribution in [0.15, 0.2) is 54.9 Å². The molecule has 1 aliphatic rings. The number of rotatable bonds is 6. The number of aryl methyl sites for hydroxylation is 1. The SMILES string of the molecule is Cc1nccn1-c1ccc(COc2cc(F)cc(NC(=O)C3CCOCC3)c2)cc1. The molecule has 1 N–H and O–H groups in total. The molecule has 1 amide bonds. The number of hydrogen-bond acceptors (Lipinski definition) is 4. The van der Waals surface area contributed by atoms with E-state index in [1.54, 1.807) is 12.3 Å². The Morgan fingerprint density at radius 3 is 2.70 bits per heavy atom. The predicted octanol–water partition coefficient (Wildman–Crippen LogP) is 4.26. The van der Waals surface area contributed by atoms with Gasteiger partial charge in [0.1, 0.15) is 24.0 Å². The van der Waals surface area contributed by atoms with Gasteiger partial charge in [0.2, 0.25) is 5.91 Å². The molecule has 7 heteroatoms. The topological polar surface area (TPSA) is 65.4 Å². The van der Waals surface area contributed by atoms with Crippen LogP contribution in [0, 0.1) is 18.7 Å². The number of nitrogens with zero attached hydrogens (tertiary/aromatic N) is 2. The van der Waals surface area contributed by atoms with Gasteiger partial charge in [0, 0.05) is 55.0 Å². The molecule has 30 heavy (non-hydrogen) atoms. The fraction of sp³-hybridized carbons (Fsp3) is 0.304. The lowest BCUT2D eigenvalue weighted by molar-refractivity contribution is -0.122. The van der Waals surface area contributed by atoms with E-state index in [0.717, 1.165) is 17.1 Å². The van der Waals surface area contributed by atoms with E-state index in [-0.39, 0.29) is 11.8 Å². The Kier molecular flexibility index (Phi) is 6.09. The number of aromatic nitrogens is 2. The molecule has 3 aromatic rings. The maximum absolute atomic E-state index is 14.0. The third-order valence-corrected chi connectivity index (χ3v) is 5.18. The number of amides is 1. The molecule has 0 unspecified atom stereocenters. The number of anilines is 1. The van der Waals surface area contributed by atoms with Gasteiger partial charge >= 0.3 is 0 Å². The fourth-order valence-electron chi connectivity index (χ4n) is 3.49. The maximum Gasteiger partial charge on any atom is 0.227 e. The van der Waals surface area contributed by atoms with Gasteiger partial charge in [0.05, 0.1) is 0 Å². The summed E-state index contributed by atoms with van der Waals surface area (Å²) >= 11 is 0. The molecule has 4 rings (SSSR count). The summed E-state index contributed by atoms with van der Waals surface area (Å²) < 4.78 is 27.1. The molecule has 1 aliphatic heterocycles. The second-order valence-corrected chi connectivity index (χ2v) is 7.35. The first kappa shape index (κ1) is 20.1. The van der Waals surface area contributed by atoms with Gasteiger partial charge in [-0.2, -0.15) is 0 Å². The van der Waals surface area contributed by atoms with Crippen molar-refractivity contribution in [1.29, 1.82) is 0 Å². The number of carbonyl (C=O) groups excluding carboxylic acids is 1. The molecule has 0 aliphatic carbocycles. The summed E-state index contributed by atoms with van der Waals surface area (Å²) in [6.07, 6.45) is 5.02. The van der Waals surface area contributed by atoms with Crippen LogP contribution >= 0.6 is 0 Å². The summed E-state index contributed by atoms with van der Waals surface area (Å²) in [5.74, 6) is 0.603. The molecule has 2 aromatic carbocycles. The zero-order valence-electron chi connectivity index (χ0n) is 16.8. The molecule has 0 atom stereocenters. The van der Waals surface area contributed by atoms with Crippen molar-refractivity contribution in [3.05, 3.63) is 72.1 Å². The minimum Gasteiger partial charge on any atom is -0.489 e. The van der Waals surface area contributed by atoms with E-state index < -0.39 is 5.82 Å². The lowest BCUT2D eigenvalue weighted by Gasteiger charge is -2.21. The summed E-state index contributed by atoms with van der Waals surface area (Å²) in [5.41, 5.74) is 2.36. The van der Waals surface area contributed by atoms with E-state index in [9.17, 15) is 9.18 Å². The van der Waals surface area contributed by atoms with Crippen LogP contribution in [0.5, 0.6) is 5.75 Å². The number of ether oxygens (including phenoxy) is 2. The van der Waals surface area contributed by atoms with Crippen LogP contribution in [0.4, 0.5) is 10.1 Å². The number of halogens is 1. The van der Waals surface area contributed by atoms with Crippen molar-refractivity contribution < 1.29 is 18.7 Å². The average Bonchev–Trinajstić information content (AvgIpc) is 3.19. The maximum atomic E-state index is 14.0. The van der Waals surface area contributed by atoms with Crippen LogP contribution in [0.1, 0.15) is 24.2 Å². The van der Waals surface area contributed by atoms with Crippen LogP contribution in [0.25, 0.3) is 5.69 Å². The van der Waals surface area contributed by atoms with Gasteiger partial charge in [-0.15, -0.1) is 0 Å². The van der Waals surface area contributed by atoms with Crippen LogP contribution in [-0.4, -0.2) is 28.7 Å². The molecule has 0 spiro atoms. The van der Waals surface area contributed by atoms with Gasteiger partial charge in [0.15, 0.2) is 0 Å². The Bertz CT molecular complexity index is 1010. The molecule has 0 bridgehead atoms. The third-order valence-electron chi connectivity index (χ3n) is 5.18. The second kappa shape index (κ2) is 9.09. The van der Waals surface area contributed by atoms with Crippen molar-refractivity contribution in [3.8, 4) is 11.4 Å². The molecule has 1 saturated heterocycles. The Labute approximate surface area is 174 Å². The van der Waals surface area contributed by atoms with Crippen molar-refractivity contribution in [1.82, 2.24) is 9.55 Å². The molecule has 156 valence electrons. The highest BCUT2D eigenvalue weighted by atomic mass is 19.1.